The van der Waals surface area contributed by atoms with Crippen LogP contribution in [0.15, 0.2) is 18.3 Å². The molecule has 0 radical (unpaired) electrons. The van der Waals surface area contributed by atoms with Crippen molar-refractivity contribution in [2.24, 2.45) is 12.5 Å². The van der Waals surface area contributed by atoms with Crippen LogP contribution in [0.1, 0.15) is 26.5 Å². The summed E-state index contributed by atoms with van der Waals surface area (Å²) in [6, 6.07) is 4.23. The molecular weight excluding hydrogens is 160 g/mol. The molecule has 0 fully saturated rings. The van der Waals surface area contributed by atoms with Crippen molar-refractivity contribution in [3.05, 3.63) is 24.0 Å². The summed E-state index contributed by atoms with van der Waals surface area (Å²) < 4.78 is 2.15. The van der Waals surface area contributed by atoms with Crippen LogP contribution in [0.4, 0.5) is 0 Å². The minimum Gasteiger partial charge on any atom is -0.353 e. The van der Waals surface area contributed by atoms with Gasteiger partial charge in [-0.05, 0) is 17.5 Å². The van der Waals surface area contributed by atoms with Gasteiger partial charge in [0.2, 0.25) is 0 Å². The Balaban J connectivity index is 2.32. The number of aromatic nitrogens is 1. The lowest BCUT2D eigenvalue weighted by atomic mass is 9.97. The summed E-state index contributed by atoms with van der Waals surface area (Å²) in [4.78, 5) is 0. The highest BCUT2D eigenvalue weighted by Gasteiger charge is 2.08. The molecule has 0 aliphatic rings. The van der Waals surface area contributed by atoms with Crippen LogP contribution >= 0.6 is 0 Å². The van der Waals surface area contributed by atoms with E-state index in [4.69, 9.17) is 0 Å². The van der Waals surface area contributed by atoms with E-state index in [2.05, 4.69) is 56.0 Å². The van der Waals surface area contributed by atoms with Crippen molar-refractivity contribution in [3.63, 3.8) is 0 Å². The van der Waals surface area contributed by atoms with Crippen molar-refractivity contribution < 1.29 is 0 Å². The van der Waals surface area contributed by atoms with Crippen LogP contribution in [-0.2, 0) is 13.6 Å². The van der Waals surface area contributed by atoms with Crippen LogP contribution in [0.25, 0.3) is 0 Å². The number of rotatable bonds is 3. The molecule has 0 aromatic carbocycles. The lowest BCUT2D eigenvalue weighted by Crippen LogP contribution is -2.27. The third kappa shape index (κ3) is 3.64. The third-order valence-electron chi connectivity index (χ3n) is 2.01. The summed E-state index contributed by atoms with van der Waals surface area (Å²) in [5.41, 5.74) is 1.70. The highest BCUT2D eigenvalue weighted by atomic mass is 15.0. The smallest absolute Gasteiger partial charge is 0.0359 e. The van der Waals surface area contributed by atoms with Crippen molar-refractivity contribution in [3.8, 4) is 0 Å². The van der Waals surface area contributed by atoms with Crippen LogP contribution < -0.4 is 5.32 Å². The number of nitrogens with one attached hydrogen (secondary N) is 1. The lowest BCUT2D eigenvalue weighted by Gasteiger charge is -2.18. The van der Waals surface area contributed by atoms with Gasteiger partial charge in [0.1, 0.15) is 0 Å². The normalized spacial score (nSPS) is 12.0. The number of nitrogens with zero attached hydrogens (tertiary/aromatic N) is 1. The summed E-state index contributed by atoms with van der Waals surface area (Å²) in [6.45, 7) is 8.74. The number of hydrogen-bond donors (Lipinski definition) is 1. The van der Waals surface area contributed by atoms with Gasteiger partial charge in [0.25, 0.3) is 0 Å². The third-order valence-corrected chi connectivity index (χ3v) is 2.01. The second-order valence-corrected chi connectivity index (χ2v) is 4.77. The first kappa shape index (κ1) is 10.3. The molecule has 0 aliphatic carbocycles. The Labute approximate surface area is 81.0 Å². The van der Waals surface area contributed by atoms with E-state index in [0.717, 1.165) is 13.1 Å². The minimum absolute atomic E-state index is 0.366. The van der Waals surface area contributed by atoms with Crippen molar-refractivity contribution in [2.45, 2.75) is 27.3 Å². The van der Waals surface area contributed by atoms with Gasteiger partial charge in [-0.25, -0.2) is 0 Å². The molecule has 1 N–H and O–H groups in total. The average Bonchev–Trinajstić information content (AvgIpc) is 2.34. The highest BCUT2D eigenvalue weighted by Crippen LogP contribution is 2.10. The van der Waals surface area contributed by atoms with Crippen LogP contribution in [0.3, 0.4) is 0 Å². The molecule has 0 saturated carbocycles. The van der Waals surface area contributed by atoms with E-state index in [1.54, 1.807) is 0 Å². The summed E-state index contributed by atoms with van der Waals surface area (Å²) in [6.07, 6.45) is 2.08. The van der Waals surface area contributed by atoms with Gasteiger partial charge < -0.3 is 9.88 Å². The van der Waals surface area contributed by atoms with Crippen molar-refractivity contribution >= 4 is 0 Å². The fraction of sp³-hybridized carbons (Fsp3) is 0.636. The molecule has 0 unspecified atom stereocenters. The molecule has 0 spiro atoms. The Morgan fingerprint density at radius 3 is 2.54 bits per heavy atom. The summed E-state index contributed by atoms with van der Waals surface area (Å²) in [7, 11) is 2.08. The highest BCUT2D eigenvalue weighted by molar-refractivity contribution is 5.05. The molecule has 1 rings (SSSR count). The first-order valence-corrected chi connectivity index (χ1v) is 4.80. The Bertz CT molecular complexity index is 255. The largest absolute Gasteiger partial charge is 0.353 e. The Kier molecular flexibility index (Phi) is 3.15. The Hall–Kier alpha value is -0.760. The van der Waals surface area contributed by atoms with Crippen LogP contribution in [0, 0.1) is 5.41 Å². The molecule has 0 atom stereocenters. The molecule has 74 valence electrons. The molecule has 2 nitrogen and oxygen atoms in total. The van der Waals surface area contributed by atoms with Crippen LogP contribution in [-0.4, -0.2) is 11.1 Å². The van der Waals surface area contributed by atoms with E-state index < -0.39 is 0 Å². The summed E-state index contributed by atoms with van der Waals surface area (Å²) in [5, 5.41) is 3.45. The second kappa shape index (κ2) is 3.97. The van der Waals surface area contributed by atoms with E-state index in [0.29, 0.717) is 5.41 Å². The molecule has 13 heavy (non-hydrogen) atoms. The Morgan fingerprint density at radius 1 is 1.38 bits per heavy atom. The first-order chi connectivity index (χ1) is 5.99. The molecule has 1 aromatic heterocycles. The summed E-state index contributed by atoms with van der Waals surface area (Å²) in [5.74, 6) is 0. The molecular formula is C11H20N2. The molecule has 1 heterocycles. The molecule has 1 aromatic rings. The SMILES string of the molecule is Cn1cccc1CNCC(C)(C)C. The zero-order valence-corrected chi connectivity index (χ0v) is 9.09. The molecule has 2 heteroatoms. The monoisotopic (exact) mass is 180 g/mol. The fourth-order valence-electron chi connectivity index (χ4n) is 1.25. The molecule has 0 aliphatic heterocycles. The van der Waals surface area contributed by atoms with Gasteiger partial charge in [0.15, 0.2) is 0 Å². The van der Waals surface area contributed by atoms with Gasteiger partial charge in [0, 0.05) is 32.0 Å². The van der Waals surface area contributed by atoms with Gasteiger partial charge in [-0.15, -0.1) is 0 Å². The maximum absolute atomic E-state index is 3.45. The second-order valence-electron chi connectivity index (χ2n) is 4.77. The lowest BCUT2D eigenvalue weighted by molar-refractivity contribution is 0.377. The fourth-order valence-corrected chi connectivity index (χ4v) is 1.25. The summed E-state index contributed by atoms with van der Waals surface area (Å²) >= 11 is 0. The van der Waals surface area contributed by atoms with Gasteiger partial charge >= 0.3 is 0 Å². The van der Waals surface area contributed by atoms with Crippen molar-refractivity contribution in [2.75, 3.05) is 6.54 Å². The zero-order valence-electron chi connectivity index (χ0n) is 9.09. The predicted octanol–water partition coefficient (Wildman–Crippen LogP) is 2.16. The maximum Gasteiger partial charge on any atom is 0.0359 e. The van der Waals surface area contributed by atoms with Crippen molar-refractivity contribution in [1.29, 1.82) is 0 Å². The quantitative estimate of drug-likeness (QED) is 0.754. The van der Waals surface area contributed by atoms with Crippen LogP contribution in [0.5, 0.6) is 0 Å². The topological polar surface area (TPSA) is 17.0 Å². The maximum atomic E-state index is 3.45. The van der Waals surface area contributed by atoms with Gasteiger partial charge in [0.05, 0.1) is 0 Å². The van der Waals surface area contributed by atoms with Gasteiger partial charge in [-0.2, -0.15) is 0 Å². The van der Waals surface area contributed by atoms with Crippen molar-refractivity contribution in [1.82, 2.24) is 9.88 Å². The Morgan fingerprint density at radius 2 is 2.08 bits per heavy atom. The van der Waals surface area contributed by atoms with Crippen LogP contribution in [0.2, 0.25) is 0 Å². The van der Waals surface area contributed by atoms with E-state index in [-0.39, 0.29) is 0 Å². The average molecular weight is 180 g/mol. The van der Waals surface area contributed by atoms with E-state index in [9.17, 15) is 0 Å². The minimum atomic E-state index is 0.366. The van der Waals surface area contributed by atoms with Gasteiger partial charge in [-0.3, -0.25) is 0 Å². The zero-order chi connectivity index (χ0) is 9.90. The molecule has 0 bridgehead atoms. The standard InChI is InChI=1S/C11H20N2/c1-11(2,3)9-12-8-10-6-5-7-13(10)4/h5-7,12H,8-9H2,1-4H3. The van der Waals surface area contributed by atoms with E-state index in [1.165, 1.54) is 5.69 Å². The van der Waals surface area contributed by atoms with E-state index in [1.807, 2.05) is 0 Å². The molecule has 0 amide bonds. The predicted molar refractivity (Wildman–Crippen MR) is 56.6 cm³/mol. The molecule has 0 saturated heterocycles. The van der Waals surface area contributed by atoms with E-state index >= 15 is 0 Å². The first-order valence-electron chi connectivity index (χ1n) is 4.80. The van der Waals surface area contributed by atoms with Gasteiger partial charge in [-0.1, -0.05) is 20.8 Å². The number of hydrogen-bond acceptors (Lipinski definition) is 1. The number of aryl methyl sites for hydroxylation is 1.